The van der Waals surface area contributed by atoms with Crippen LogP contribution in [0.3, 0.4) is 0 Å². The van der Waals surface area contributed by atoms with Crippen LogP contribution in [0.25, 0.3) is 0 Å². The predicted octanol–water partition coefficient (Wildman–Crippen LogP) is -0.933. The number of hydrogen-bond acceptors (Lipinski definition) is 7. The van der Waals surface area contributed by atoms with E-state index in [1.54, 1.807) is 7.05 Å². The van der Waals surface area contributed by atoms with Gasteiger partial charge >= 0.3 is 6.09 Å². The molecule has 0 spiro atoms. The zero-order valence-electron chi connectivity index (χ0n) is 10.8. The third-order valence-electron chi connectivity index (χ3n) is 2.59. The molecule has 110 valence electrons. The number of amidine groups is 1. The molecule has 8 nitrogen and oxygen atoms in total. The highest BCUT2D eigenvalue weighted by Gasteiger charge is 2.38. The van der Waals surface area contributed by atoms with Crippen molar-refractivity contribution in [1.29, 1.82) is 5.41 Å². The second kappa shape index (κ2) is 7.53. The molecule has 4 atom stereocenters. The Morgan fingerprint density at radius 2 is 2.16 bits per heavy atom. The molecule has 1 heterocycles. The molecule has 1 fully saturated rings. The number of alkyl carbamates (subject to hydrolysis) is 1. The fourth-order valence-corrected chi connectivity index (χ4v) is 2.42. The molecule has 19 heavy (non-hydrogen) atoms. The van der Waals surface area contributed by atoms with Gasteiger partial charge in [0.15, 0.2) is 5.17 Å². The van der Waals surface area contributed by atoms with Gasteiger partial charge in [-0.3, -0.25) is 5.41 Å². The van der Waals surface area contributed by atoms with Crippen LogP contribution in [0.15, 0.2) is 0 Å². The van der Waals surface area contributed by atoms with Crippen molar-refractivity contribution in [3.63, 3.8) is 0 Å². The van der Waals surface area contributed by atoms with Crippen LogP contribution >= 0.6 is 11.8 Å². The molecular formula is C10H19N3O5S. The fraction of sp³-hybridized carbons (Fsp3) is 0.800. The average molecular weight is 293 g/mol. The minimum Gasteiger partial charge on any atom is -0.447 e. The molecule has 1 amide bonds. The smallest absolute Gasteiger partial charge is 0.406 e. The van der Waals surface area contributed by atoms with Crippen LogP contribution in [0.2, 0.25) is 0 Å². The van der Waals surface area contributed by atoms with Crippen LogP contribution < -0.4 is 10.6 Å². The second-order valence-corrected chi connectivity index (χ2v) is 5.11. The summed E-state index contributed by atoms with van der Waals surface area (Å²) >= 11 is 1.09. The highest BCUT2D eigenvalue weighted by molar-refractivity contribution is 8.14. The zero-order chi connectivity index (χ0) is 14.4. The van der Waals surface area contributed by atoms with E-state index in [2.05, 4.69) is 10.6 Å². The van der Waals surface area contributed by atoms with E-state index in [4.69, 9.17) is 14.9 Å². The number of amides is 1. The number of carbonyl (C=O) groups is 1. The van der Waals surface area contributed by atoms with E-state index in [0.29, 0.717) is 0 Å². The van der Waals surface area contributed by atoms with E-state index >= 15 is 0 Å². The summed E-state index contributed by atoms with van der Waals surface area (Å²) < 4.78 is 10.3. The summed E-state index contributed by atoms with van der Waals surface area (Å²) in [4.78, 5) is 11.0. The van der Waals surface area contributed by atoms with Crippen LogP contribution in [-0.4, -0.2) is 65.9 Å². The van der Waals surface area contributed by atoms with Gasteiger partial charge in [-0.05, 0) is 0 Å². The first kappa shape index (κ1) is 16.0. The van der Waals surface area contributed by atoms with Crippen molar-refractivity contribution in [2.75, 3.05) is 20.7 Å². The van der Waals surface area contributed by atoms with Gasteiger partial charge in [0.1, 0.15) is 24.3 Å². The normalized spacial score (nSPS) is 30.5. The van der Waals surface area contributed by atoms with E-state index < -0.39 is 29.8 Å². The van der Waals surface area contributed by atoms with Crippen molar-refractivity contribution in [1.82, 2.24) is 10.6 Å². The average Bonchev–Trinajstić information content (AvgIpc) is 2.40. The van der Waals surface area contributed by atoms with E-state index in [0.717, 1.165) is 11.8 Å². The van der Waals surface area contributed by atoms with Gasteiger partial charge in [0.2, 0.25) is 0 Å². The highest BCUT2D eigenvalue weighted by Crippen LogP contribution is 2.28. The lowest BCUT2D eigenvalue weighted by Gasteiger charge is -2.36. The summed E-state index contributed by atoms with van der Waals surface area (Å²) in [5.74, 6) is 0. The summed E-state index contributed by atoms with van der Waals surface area (Å²) in [6.07, 6.45) is -3.35. The van der Waals surface area contributed by atoms with Crippen LogP contribution in [0, 0.1) is 5.41 Å². The van der Waals surface area contributed by atoms with E-state index in [-0.39, 0.29) is 18.2 Å². The number of nitrogens with one attached hydrogen (secondary N) is 3. The van der Waals surface area contributed by atoms with Gasteiger partial charge in [-0.25, -0.2) is 4.79 Å². The van der Waals surface area contributed by atoms with Crippen molar-refractivity contribution in [2.24, 2.45) is 0 Å². The van der Waals surface area contributed by atoms with Gasteiger partial charge in [0, 0.05) is 20.5 Å². The number of thioether (sulfide) groups is 1. The molecule has 0 unspecified atom stereocenters. The Balaban J connectivity index is 2.53. The van der Waals surface area contributed by atoms with Crippen LogP contribution in [0.5, 0.6) is 0 Å². The van der Waals surface area contributed by atoms with Gasteiger partial charge in [-0.15, -0.1) is 0 Å². The van der Waals surface area contributed by atoms with Crippen molar-refractivity contribution in [3.05, 3.63) is 0 Å². The van der Waals surface area contributed by atoms with Crippen LogP contribution in [0.4, 0.5) is 4.79 Å². The van der Waals surface area contributed by atoms with E-state index in [1.165, 1.54) is 7.05 Å². The maximum atomic E-state index is 11.0. The molecule has 0 aromatic rings. The molecular weight excluding hydrogens is 274 g/mol. The molecule has 0 radical (unpaired) electrons. The number of aliphatic hydroxyl groups excluding tert-OH is 2. The lowest BCUT2D eigenvalue weighted by molar-refractivity contribution is -0.157. The SMILES string of the molecule is CNC(=N)S[C@@H]1C[C@@H](O)[C@H](O)[C@@H](COC(=O)NC)O1. The number of rotatable bonds is 3. The van der Waals surface area contributed by atoms with Gasteiger partial charge < -0.3 is 30.3 Å². The third-order valence-corrected chi connectivity index (χ3v) is 3.60. The monoisotopic (exact) mass is 293 g/mol. The molecule has 1 rings (SSSR count). The Labute approximate surface area is 115 Å². The fourth-order valence-electron chi connectivity index (χ4n) is 1.55. The largest absolute Gasteiger partial charge is 0.447 e. The van der Waals surface area contributed by atoms with Crippen molar-refractivity contribution in [3.8, 4) is 0 Å². The van der Waals surface area contributed by atoms with Crippen LogP contribution in [-0.2, 0) is 9.47 Å². The maximum Gasteiger partial charge on any atom is 0.406 e. The van der Waals surface area contributed by atoms with E-state index in [1.807, 2.05) is 0 Å². The first-order chi connectivity index (χ1) is 8.97. The Morgan fingerprint density at radius 3 is 2.74 bits per heavy atom. The quantitative estimate of drug-likeness (QED) is 0.336. The minimum absolute atomic E-state index is 0.165. The van der Waals surface area contributed by atoms with Gasteiger partial charge in [0.05, 0.1) is 6.10 Å². The number of aliphatic hydroxyl groups is 2. The number of ether oxygens (including phenoxy) is 2. The predicted molar refractivity (Wildman–Crippen MR) is 70.1 cm³/mol. The molecule has 1 aliphatic heterocycles. The standard InChI is InChI=1S/C10H19N3O5S/c1-12-9(11)19-7-3-5(14)8(15)6(18-7)4-17-10(16)13-2/h5-8,14-15H,3-4H2,1-2H3,(H2,11,12)(H,13,16)/t5-,6-,7-,8+/m1/s1. The van der Waals surface area contributed by atoms with Crippen molar-refractivity contribution >= 4 is 23.0 Å². The highest BCUT2D eigenvalue weighted by atomic mass is 32.2. The Bertz CT molecular complexity index is 330. The molecule has 0 aromatic carbocycles. The summed E-state index contributed by atoms with van der Waals surface area (Å²) in [5.41, 5.74) is -0.475. The first-order valence-corrected chi connectivity index (χ1v) is 6.65. The second-order valence-electron chi connectivity index (χ2n) is 3.94. The molecule has 0 saturated carbocycles. The van der Waals surface area contributed by atoms with Crippen molar-refractivity contribution < 1.29 is 24.5 Å². The van der Waals surface area contributed by atoms with Crippen LogP contribution in [0.1, 0.15) is 6.42 Å². The summed E-state index contributed by atoms with van der Waals surface area (Å²) in [6.45, 7) is -0.165. The Morgan fingerprint density at radius 1 is 1.47 bits per heavy atom. The minimum atomic E-state index is -1.12. The first-order valence-electron chi connectivity index (χ1n) is 5.77. The maximum absolute atomic E-state index is 11.0. The molecule has 0 aromatic heterocycles. The van der Waals surface area contributed by atoms with Crippen molar-refractivity contribution in [2.45, 2.75) is 30.2 Å². The lowest BCUT2D eigenvalue weighted by Crippen LogP contribution is -2.50. The molecule has 9 heteroatoms. The number of hydrogen-bond donors (Lipinski definition) is 5. The topological polar surface area (TPSA) is 124 Å². The number of carbonyl (C=O) groups excluding carboxylic acids is 1. The molecule has 5 N–H and O–H groups in total. The van der Waals surface area contributed by atoms with Gasteiger partial charge in [0.25, 0.3) is 0 Å². The lowest BCUT2D eigenvalue weighted by atomic mass is 10.0. The summed E-state index contributed by atoms with van der Waals surface area (Å²) in [6, 6.07) is 0. The van der Waals surface area contributed by atoms with Gasteiger partial charge in [-0.2, -0.15) is 0 Å². The molecule has 0 aliphatic carbocycles. The third kappa shape index (κ3) is 4.86. The van der Waals surface area contributed by atoms with Gasteiger partial charge in [-0.1, -0.05) is 11.8 Å². The Hall–Kier alpha value is -1.03. The summed E-state index contributed by atoms with van der Waals surface area (Å²) in [5, 5.41) is 32.1. The van der Waals surface area contributed by atoms with E-state index in [9.17, 15) is 15.0 Å². The molecule has 1 aliphatic rings. The Kier molecular flexibility index (Phi) is 6.35. The molecule has 1 saturated heterocycles. The zero-order valence-corrected chi connectivity index (χ0v) is 11.6. The summed E-state index contributed by atoms with van der Waals surface area (Å²) in [7, 11) is 3.03. The molecule has 0 bridgehead atoms.